The molecule has 0 aromatic rings. The molecule has 0 saturated heterocycles. The van der Waals surface area contributed by atoms with Crippen molar-refractivity contribution in [1.82, 2.24) is 5.32 Å². The van der Waals surface area contributed by atoms with Gasteiger partial charge in [0.2, 0.25) is 5.91 Å². The molecule has 0 heterocycles. The molecule has 10 heavy (non-hydrogen) atoms. The zero-order valence-corrected chi connectivity index (χ0v) is 6.62. The summed E-state index contributed by atoms with van der Waals surface area (Å²) in [6.45, 7) is 0. The molecule has 0 unspecified atom stereocenters. The van der Waals surface area contributed by atoms with Crippen molar-refractivity contribution in [2.45, 2.75) is 12.8 Å². The number of carbonyl (C=O) groups excluding carboxylic acids is 1. The second-order valence-electron chi connectivity index (χ2n) is 2.53. The lowest BCUT2D eigenvalue weighted by atomic mass is 10.1. The fourth-order valence-electron chi connectivity index (χ4n) is 0.950. The van der Waals surface area contributed by atoms with Crippen LogP contribution in [-0.4, -0.2) is 17.9 Å². The van der Waals surface area contributed by atoms with Crippen LogP contribution in [0.1, 0.15) is 12.8 Å². The average Bonchev–Trinajstić information content (AvgIpc) is 2.65. The van der Waals surface area contributed by atoms with Gasteiger partial charge in [0, 0.05) is 7.05 Å². The van der Waals surface area contributed by atoms with Crippen molar-refractivity contribution in [2.75, 3.05) is 7.05 Å². The summed E-state index contributed by atoms with van der Waals surface area (Å²) < 4.78 is 0. The molecule has 1 amide bonds. The molecule has 0 aromatic carbocycles. The van der Waals surface area contributed by atoms with Gasteiger partial charge in [0.1, 0.15) is 0 Å². The van der Waals surface area contributed by atoms with Crippen LogP contribution >= 0.6 is 12.2 Å². The van der Waals surface area contributed by atoms with Gasteiger partial charge < -0.3 is 11.1 Å². The molecule has 0 spiro atoms. The van der Waals surface area contributed by atoms with E-state index >= 15 is 0 Å². The van der Waals surface area contributed by atoms with E-state index in [2.05, 4.69) is 5.32 Å². The molecule has 0 aromatic heterocycles. The standard InChI is InChI=1S/C6H10N2OS/c1-8-5(9)6(2-3-6)4(7)10/h2-3H2,1H3,(H2,7,10)(H,8,9). The molecular weight excluding hydrogens is 148 g/mol. The van der Waals surface area contributed by atoms with Crippen LogP contribution in [0.5, 0.6) is 0 Å². The summed E-state index contributed by atoms with van der Waals surface area (Å²) in [6.07, 6.45) is 1.62. The Morgan fingerprint density at radius 2 is 2.20 bits per heavy atom. The maximum absolute atomic E-state index is 11.1. The van der Waals surface area contributed by atoms with Crippen LogP contribution in [-0.2, 0) is 4.79 Å². The van der Waals surface area contributed by atoms with Gasteiger partial charge >= 0.3 is 0 Å². The van der Waals surface area contributed by atoms with Crippen molar-refractivity contribution in [1.29, 1.82) is 0 Å². The van der Waals surface area contributed by atoms with Crippen LogP contribution in [0.15, 0.2) is 0 Å². The minimum absolute atomic E-state index is 0.0417. The Morgan fingerprint density at radius 3 is 2.30 bits per heavy atom. The van der Waals surface area contributed by atoms with E-state index in [1.165, 1.54) is 0 Å². The van der Waals surface area contributed by atoms with E-state index in [1.807, 2.05) is 0 Å². The van der Waals surface area contributed by atoms with Gasteiger partial charge in [-0.1, -0.05) is 12.2 Å². The maximum atomic E-state index is 11.1. The van der Waals surface area contributed by atoms with Gasteiger partial charge in [0.15, 0.2) is 0 Å². The van der Waals surface area contributed by atoms with Gasteiger partial charge in [-0.15, -0.1) is 0 Å². The summed E-state index contributed by atoms with van der Waals surface area (Å²) in [6, 6.07) is 0. The SMILES string of the molecule is CNC(=O)C1(C(N)=S)CC1. The number of nitrogens with two attached hydrogens (primary N) is 1. The molecule has 1 saturated carbocycles. The minimum Gasteiger partial charge on any atom is -0.392 e. The van der Waals surface area contributed by atoms with Crippen LogP contribution in [0.25, 0.3) is 0 Å². The zero-order chi connectivity index (χ0) is 7.78. The zero-order valence-electron chi connectivity index (χ0n) is 5.81. The van der Waals surface area contributed by atoms with Gasteiger partial charge in [0.25, 0.3) is 0 Å². The Balaban J connectivity index is 2.69. The number of amides is 1. The van der Waals surface area contributed by atoms with Crippen molar-refractivity contribution in [3.05, 3.63) is 0 Å². The number of rotatable bonds is 2. The van der Waals surface area contributed by atoms with E-state index in [9.17, 15) is 4.79 Å². The number of thiocarbonyl (C=S) groups is 1. The third kappa shape index (κ3) is 0.883. The van der Waals surface area contributed by atoms with Crippen LogP contribution < -0.4 is 11.1 Å². The highest BCUT2D eigenvalue weighted by Gasteiger charge is 2.52. The van der Waals surface area contributed by atoms with E-state index < -0.39 is 5.41 Å². The number of hydrogen-bond donors (Lipinski definition) is 2. The first-order valence-electron chi connectivity index (χ1n) is 3.15. The highest BCUT2D eigenvalue weighted by molar-refractivity contribution is 7.80. The molecule has 0 radical (unpaired) electrons. The Hall–Kier alpha value is -0.640. The van der Waals surface area contributed by atoms with Crippen molar-refractivity contribution < 1.29 is 4.79 Å². The Morgan fingerprint density at radius 1 is 1.70 bits per heavy atom. The van der Waals surface area contributed by atoms with Crippen molar-refractivity contribution in [3.8, 4) is 0 Å². The van der Waals surface area contributed by atoms with Gasteiger partial charge in [-0.05, 0) is 12.8 Å². The molecule has 0 aliphatic heterocycles. The first-order chi connectivity index (χ1) is 4.63. The lowest BCUT2D eigenvalue weighted by Crippen LogP contribution is -2.37. The van der Waals surface area contributed by atoms with E-state index in [-0.39, 0.29) is 5.91 Å². The van der Waals surface area contributed by atoms with E-state index in [0.717, 1.165) is 12.8 Å². The second-order valence-corrected chi connectivity index (χ2v) is 2.97. The van der Waals surface area contributed by atoms with Crippen LogP contribution in [0, 0.1) is 5.41 Å². The molecule has 1 aliphatic carbocycles. The molecule has 1 aliphatic rings. The maximum Gasteiger partial charge on any atom is 0.232 e. The number of nitrogens with one attached hydrogen (secondary N) is 1. The molecule has 0 atom stereocenters. The Labute approximate surface area is 65.0 Å². The monoisotopic (exact) mass is 158 g/mol. The lowest BCUT2D eigenvalue weighted by molar-refractivity contribution is -0.123. The normalized spacial score (nSPS) is 19.7. The van der Waals surface area contributed by atoms with Crippen LogP contribution in [0.2, 0.25) is 0 Å². The summed E-state index contributed by atoms with van der Waals surface area (Å²) in [5.74, 6) is -0.0417. The Kier molecular flexibility index (Phi) is 1.64. The van der Waals surface area contributed by atoms with E-state index in [0.29, 0.717) is 4.99 Å². The summed E-state index contributed by atoms with van der Waals surface area (Å²) in [5, 5.41) is 2.54. The predicted octanol–water partition coefficient (Wildman–Crippen LogP) is -0.201. The lowest BCUT2D eigenvalue weighted by Gasteiger charge is -2.09. The Bertz CT molecular complexity index is 186. The van der Waals surface area contributed by atoms with Gasteiger partial charge in [-0.3, -0.25) is 4.79 Å². The summed E-state index contributed by atoms with van der Waals surface area (Å²) in [5.41, 5.74) is 4.90. The molecular formula is C6H10N2OS. The van der Waals surface area contributed by atoms with Crippen molar-refractivity contribution >= 4 is 23.1 Å². The second kappa shape index (κ2) is 2.20. The topological polar surface area (TPSA) is 55.1 Å². The summed E-state index contributed by atoms with van der Waals surface area (Å²) >= 11 is 4.75. The summed E-state index contributed by atoms with van der Waals surface area (Å²) in [7, 11) is 1.60. The van der Waals surface area contributed by atoms with E-state index in [1.54, 1.807) is 7.05 Å². The van der Waals surface area contributed by atoms with Gasteiger partial charge in [-0.25, -0.2) is 0 Å². The van der Waals surface area contributed by atoms with Crippen molar-refractivity contribution in [2.24, 2.45) is 11.1 Å². The number of hydrogen-bond acceptors (Lipinski definition) is 2. The molecule has 0 bridgehead atoms. The fourth-order valence-corrected chi connectivity index (χ4v) is 1.25. The summed E-state index contributed by atoms with van der Waals surface area (Å²) in [4.78, 5) is 11.4. The highest BCUT2D eigenvalue weighted by Crippen LogP contribution is 2.45. The largest absolute Gasteiger partial charge is 0.392 e. The van der Waals surface area contributed by atoms with Gasteiger partial charge in [-0.2, -0.15) is 0 Å². The van der Waals surface area contributed by atoms with Gasteiger partial charge in [0.05, 0.1) is 10.4 Å². The predicted molar refractivity (Wildman–Crippen MR) is 42.5 cm³/mol. The first-order valence-corrected chi connectivity index (χ1v) is 3.56. The molecule has 1 fully saturated rings. The molecule has 3 nitrogen and oxygen atoms in total. The smallest absolute Gasteiger partial charge is 0.232 e. The quantitative estimate of drug-likeness (QED) is 0.547. The fraction of sp³-hybridized carbons (Fsp3) is 0.667. The molecule has 4 heteroatoms. The third-order valence-corrected chi connectivity index (χ3v) is 2.27. The first kappa shape index (κ1) is 7.47. The minimum atomic E-state index is -0.482. The molecule has 56 valence electrons. The van der Waals surface area contributed by atoms with Crippen molar-refractivity contribution in [3.63, 3.8) is 0 Å². The molecule has 1 rings (SSSR count). The third-order valence-electron chi connectivity index (χ3n) is 1.88. The highest BCUT2D eigenvalue weighted by atomic mass is 32.1. The van der Waals surface area contributed by atoms with Crippen LogP contribution in [0.3, 0.4) is 0 Å². The molecule has 3 N–H and O–H groups in total. The van der Waals surface area contributed by atoms with Crippen LogP contribution in [0.4, 0.5) is 0 Å². The number of carbonyl (C=O) groups is 1. The average molecular weight is 158 g/mol. The van der Waals surface area contributed by atoms with E-state index in [4.69, 9.17) is 18.0 Å².